The standard InChI is InChI=1S/C11H16N2O2/c1-11(2,8-12)13-10(14)15-9-6-4-3-5-7-9/h3-7H,8,12H2,1-2H3,(H,13,14). The lowest BCUT2D eigenvalue weighted by Gasteiger charge is -2.23. The molecule has 0 radical (unpaired) electrons. The van der Waals surface area contributed by atoms with Gasteiger partial charge in [0.2, 0.25) is 0 Å². The zero-order chi connectivity index (χ0) is 11.3. The summed E-state index contributed by atoms with van der Waals surface area (Å²) in [5.74, 6) is 0.517. The van der Waals surface area contributed by atoms with Gasteiger partial charge in [0.25, 0.3) is 0 Å². The zero-order valence-corrected chi connectivity index (χ0v) is 8.99. The van der Waals surface area contributed by atoms with Crippen LogP contribution in [0, 0.1) is 0 Å². The molecule has 0 atom stereocenters. The molecule has 1 amide bonds. The first-order valence-corrected chi connectivity index (χ1v) is 4.78. The predicted molar refractivity (Wildman–Crippen MR) is 58.7 cm³/mol. The molecule has 0 unspecified atom stereocenters. The van der Waals surface area contributed by atoms with Gasteiger partial charge in [-0.15, -0.1) is 0 Å². The van der Waals surface area contributed by atoms with Gasteiger partial charge in [0, 0.05) is 12.1 Å². The first kappa shape index (κ1) is 11.5. The van der Waals surface area contributed by atoms with Crippen LogP contribution in [-0.2, 0) is 0 Å². The third kappa shape index (κ3) is 3.99. The van der Waals surface area contributed by atoms with E-state index >= 15 is 0 Å². The zero-order valence-electron chi connectivity index (χ0n) is 8.99. The van der Waals surface area contributed by atoms with Gasteiger partial charge in [-0.3, -0.25) is 0 Å². The number of carbonyl (C=O) groups excluding carboxylic acids is 1. The van der Waals surface area contributed by atoms with Crippen molar-refractivity contribution in [3.05, 3.63) is 30.3 Å². The van der Waals surface area contributed by atoms with Crippen molar-refractivity contribution < 1.29 is 9.53 Å². The van der Waals surface area contributed by atoms with Crippen LogP contribution in [0.5, 0.6) is 5.75 Å². The van der Waals surface area contributed by atoms with Gasteiger partial charge in [0.15, 0.2) is 0 Å². The molecule has 1 rings (SSSR count). The van der Waals surface area contributed by atoms with Crippen LogP contribution < -0.4 is 15.8 Å². The van der Waals surface area contributed by atoms with Crippen molar-refractivity contribution in [1.82, 2.24) is 5.32 Å². The van der Waals surface area contributed by atoms with E-state index in [1.165, 1.54) is 0 Å². The molecule has 4 heteroatoms. The molecule has 0 aliphatic carbocycles. The molecular weight excluding hydrogens is 192 g/mol. The molecule has 1 aromatic carbocycles. The molecule has 0 aliphatic heterocycles. The summed E-state index contributed by atoms with van der Waals surface area (Å²) in [6.45, 7) is 4.02. The van der Waals surface area contributed by atoms with Crippen LogP contribution in [0.4, 0.5) is 4.79 Å². The number of para-hydroxylation sites is 1. The van der Waals surface area contributed by atoms with Crippen molar-refractivity contribution in [2.75, 3.05) is 6.54 Å². The van der Waals surface area contributed by atoms with Gasteiger partial charge < -0.3 is 15.8 Å². The smallest absolute Gasteiger partial charge is 0.410 e. The van der Waals surface area contributed by atoms with Crippen molar-refractivity contribution >= 4 is 6.09 Å². The van der Waals surface area contributed by atoms with Gasteiger partial charge in [0.1, 0.15) is 5.75 Å². The van der Waals surface area contributed by atoms with Gasteiger partial charge in [-0.2, -0.15) is 0 Å². The highest BCUT2D eigenvalue weighted by atomic mass is 16.6. The molecule has 0 saturated heterocycles. The fraction of sp³-hybridized carbons (Fsp3) is 0.364. The molecule has 0 saturated carbocycles. The summed E-state index contributed by atoms with van der Waals surface area (Å²) in [5.41, 5.74) is 5.03. The Hall–Kier alpha value is -1.55. The molecular formula is C11H16N2O2. The summed E-state index contributed by atoms with van der Waals surface area (Å²) in [4.78, 5) is 11.4. The number of amides is 1. The Balaban J connectivity index is 2.51. The Labute approximate surface area is 89.4 Å². The fourth-order valence-corrected chi connectivity index (χ4v) is 0.948. The molecule has 0 heterocycles. The molecule has 0 aliphatic rings. The van der Waals surface area contributed by atoms with Crippen LogP contribution in [0.3, 0.4) is 0 Å². The van der Waals surface area contributed by atoms with Crippen LogP contribution in [0.25, 0.3) is 0 Å². The molecule has 3 N–H and O–H groups in total. The van der Waals surface area contributed by atoms with Crippen LogP contribution in [0.15, 0.2) is 30.3 Å². The third-order valence-corrected chi connectivity index (χ3v) is 1.90. The van der Waals surface area contributed by atoms with Crippen molar-refractivity contribution in [3.8, 4) is 5.75 Å². The van der Waals surface area contributed by atoms with Crippen molar-refractivity contribution in [1.29, 1.82) is 0 Å². The second-order valence-electron chi connectivity index (χ2n) is 3.92. The summed E-state index contributed by atoms with van der Waals surface area (Å²) < 4.78 is 5.05. The second kappa shape index (κ2) is 4.79. The molecule has 15 heavy (non-hydrogen) atoms. The predicted octanol–water partition coefficient (Wildman–Crippen LogP) is 1.51. The molecule has 4 nitrogen and oxygen atoms in total. The van der Waals surface area contributed by atoms with Gasteiger partial charge in [0.05, 0.1) is 0 Å². The lowest BCUT2D eigenvalue weighted by Crippen LogP contribution is -2.49. The van der Waals surface area contributed by atoms with Crippen molar-refractivity contribution in [2.24, 2.45) is 5.73 Å². The van der Waals surface area contributed by atoms with E-state index in [1.807, 2.05) is 19.9 Å². The van der Waals surface area contributed by atoms with Gasteiger partial charge >= 0.3 is 6.09 Å². The number of hydrogen-bond donors (Lipinski definition) is 2. The summed E-state index contributed by atoms with van der Waals surface area (Å²) in [5, 5.41) is 2.67. The second-order valence-corrected chi connectivity index (χ2v) is 3.92. The van der Waals surface area contributed by atoms with Gasteiger partial charge in [-0.05, 0) is 26.0 Å². The normalized spacial score (nSPS) is 10.9. The Morgan fingerprint density at radius 1 is 1.40 bits per heavy atom. The monoisotopic (exact) mass is 208 g/mol. The van der Waals surface area contributed by atoms with Crippen LogP contribution >= 0.6 is 0 Å². The van der Waals surface area contributed by atoms with Crippen molar-refractivity contribution in [3.63, 3.8) is 0 Å². The SMILES string of the molecule is CC(C)(CN)NC(=O)Oc1ccccc1. The largest absolute Gasteiger partial charge is 0.413 e. The number of rotatable bonds is 3. The number of ether oxygens (including phenoxy) is 1. The molecule has 1 aromatic rings. The van der Waals surface area contributed by atoms with E-state index in [9.17, 15) is 4.79 Å². The fourth-order valence-electron chi connectivity index (χ4n) is 0.948. The van der Waals surface area contributed by atoms with Gasteiger partial charge in [-0.1, -0.05) is 18.2 Å². The van der Waals surface area contributed by atoms with E-state index in [-0.39, 0.29) is 0 Å². The minimum atomic E-state index is -0.489. The Morgan fingerprint density at radius 3 is 2.53 bits per heavy atom. The topological polar surface area (TPSA) is 64.3 Å². The minimum absolute atomic E-state index is 0.358. The molecule has 0 bridgehead atoms. The maximum Gasteiger partial charge on any atom is 0.413 e. The lowest BCUT2D eigenvalue weighted by atomic mass is 10.1. The van der Waals surface area contributed by atoms with E-state index in [1.54, 1.807) is 24.3 Å². The molecule has 0 spiro atoms. The molecule has 82 valence electrons. The number of nitrogens with two attached hydrogens (primary N) is 1. The Kier molecular flexibility index (Phi) is 3.68. The first-order valence-electron chi connectivity index (χ1n) is 4.78. The maximum absolute atomic E-state index is 11.4. The number of carbonyl (C=O) groups is 1. The summed E-state index contributed by atoms with van der Waals surface area (Å²) in [6.07, 6.45) is -0.489. The number of hydrogen-bond acceptors (Lipinski definition) is 3. The first-order chi connectivity index (χ1) is 7.03. The van der Waals surface area contributed by atoms with E-state index in [0.29, 0.717) is 12.3 Å². The average Bonchev–Trinajstić information content (AvgIpc) is 2.18. The summed E-state index contributed by atoms with van der Waals surface area (Å²) in [6, 6.07) is 8.89. The van der Waals surface area contributed by atoms with Gasteiger partial charge in [-0.25, -0.2) is 4.79 Å². The highest BCUT2D eigenvalue weighted by Gasteiger charge is 2.19. The van der Waals surface area contributed by atoms with E-state index < -0.39 is 11.6 Å². The molecule has 0 fully saturated rings. The van der Waals surface area contributed by atoms with E-state index in [2.05, 4.69) is 5.32 Å². The maximum atomic E-state index is 11.4. The summed E-state index contributed by atoms with van der Waals surface area (Å²) in [7, 11) is 0. The van der Waals surface area contributed by atoms with E-state index in [0.717, 1.165) is 0 Å². The highest BCUT2D eigenvalue weighted by molar-refractivity contribution is 5.71. The quantitative estimate of drug-likeness (QED) is 0.791. The Morgan fingerprint density at radius 2 is 2.00 bits per heavy atom. The van der Waals surface area contributed by atoms with Crippen LogP contribution in [-0.4, -0.2) is 18.2 Å². The lowest BCUT2D eigenvalue weighted by molar-refractivity contribution is 0.189. The summed E-state index contributed by atoms with van der Waals surface area (Å²) >= 11 is 0. The molecule has 0 aromatic heterocycles. The third-order valence-electron chi connectivity index (χ3n) is 1.90. The highest BCUT2D eigenvalue weighted by Crippen LogP contribution is 2.09. The number of benzene rings is 1. The average molecular weight is 208 g/mol. The van der Waals surface area contributed by atoms with Crippen LogP contribution in [0.1, 0.15) is 13.8 Å². The van der Waals surface area contributed by atoms with E-state index in [4.69, 9.17) is 10.5 Å². The Bertz CT molecular complexity index is 323. The van der Waals surface area contributed by atoms with Crippen LogP contribution in [0.2, 0.25) is 0 Å². The van der Waals surface area contributed by atoms with Crippen molar-refractivity contribution in [2.45, 2.75) is 19.4 Å². The minimum Gasteiger partial charge on any atom is -0.410 e. The number of nitrogens with one attached hydrogen (secondary N) is 1.